The SMILES string of the molecule is CCC(CC)Oc1cc(F)cc(OC(F)F)c1. The molecule has 0 radical (unpaired) electrons. The second-order valence-corrected chi connectivity index (χ2v) is 3.56. The fraction of sp³-hybridized carbons (Fsp3) is 0.500. The second kappa shape index (κ2) is 6.37. The lowest BCUT2D eigenvalue weighted by molar-refractivity contribution is -0.0501. The topological polar surface area (TPSA) is 18.5 Å². The quantitative estimate of drug-likeness (QED) is 0.757. The van der Waals surface area contributed by atoms with Crippen molar-refractivity contribution >= 4 is 0 Å². The summed E-state index contributed by atoms with van der Waals surface area (Å²) in [5.41, 5.74) is 0. The van der Waals surface area contributed by atoms with Crippen molar-refractivity contribution in [3.05, 3.63) is 24.0 Å². The Morgan fingerprint density at radius 1 is 1.00 bits per heavy atom. The molecule has 0 aliphatic carbocycles. The van der Waals surface area contributed by atoms with Gasteiger partial charge < -0.3 is 9.47 Å². The summed E-state index contributed by atoms with van der Waals surface area (Å²) < 4.78 is 46.7. The normalized spacial score (nSPS) is 11.0. The molecule has 1 aromatic carbocycles. The monoisotopic (exact) mass is 248 g/mol. The molecule has 0 aliphatic heterocycles. The fourth-order valence-electron chi connectivity index (χ4n) is 1.42. The van der Waals surface area contributed by atoms with E-state index in [9.17, 15) is 13.2 Å². The molecule has 0 heterocycles. The van der Waals surface area contributed by atoms with Crippen LogP contribution in [0.2, 0.25) is 0 Å². The molecule has 0 fully saturated rings. The Morgan fingerprint density at radius 2 is 1.53 bits per heavy atom. The maximum Gasteiger partial charge on any atom is 0.387 e. The number of halogens is 3. The van der Waals surface area contributed by atoms with Gasteiger partial charge in [0.15, 0.2) is 0 Å². The third-order valence-corrected chi connectivity index (χ3v) is 2.28. The zero-order valence-corrected chi connectivity index (χ0v) is 9.75. The fourth-order valence-corrected chi connectivity index (χ4v) is 1.42. The Kier molecular flexibility index (Phi) is 5.12. The van der Waals surface area contributed by atoms with Gasteiger partial charge in [0.25, 0.3) is 0 Å². The average molecular weight is 248 g/mol. The lowest BCUT2D eigenvalue weighted by Gasteiger charge is -2.16. The van der Waals surface area contributed by atoms with Crippen molar-refractivity contribution in [2.24, 2.45) is 0 Å². The van der Waals surface area contributed by atoms with E-state index in [-0.39, 0.29) is 17.6 Å². The standard InChI is InChI=1S/C12H15F3O2/c1-3-9(4-2)16-10-5-8(13)6-11(7-10)17-12(14)15/h5-7,9,12H,3-4H2,1-2H3. The van der Waals surface area contributed by atoms with Crippen LogP contribution in [0.25, 0.3) is 0 Å². The Hall–Kier alpha value is -1.39. The minimum Gasteiger partial charge on any atom is -0.490 e. The van der Waals surface area contributed by atoms with Crippen molar-refractivity contribution in [2.75, 3.05) is 0 Å². The Morgan fingerprint density at radius 3 is 2.00 bits per heavy atom. The van der Waals surface area contributed by atoms with E-state index in [1.165, 1.54) is 6.07 Å². The van der Waals surface area contributed by atoms with Crippen LogP contribution in [-0.4, -0.2) is 12.7 Å². The molecular formula is C12H15F3O2. The molecule has 17 heavy (non-hydrogen) atoms. The number of hydrogen-bond donors (Lipinski definition) is 0. The zero-order chi connectivity index (χ0) is 12.8. The van der Waals surface area contributed by atoms with Crippen molar-refractivity contribution in [2.45, 2.75) is 39.4 Å². The van der Waals surface area contributed by atoms with Crippen LogP contribution in [0.15, 0.2) is 18.2 Å². The minimum atomic E-state index is -2.97. The van der Waals surface area contributed by atoms with Crippen LogP contribution in [0.3, 0.4) is 0 Å². The summed E-state index contributed by atoms with van der Waals surface area (Å²) in [6.07, 6.45) is 1.46. The Balaban J connectivity index is 2.81. The van der Waals surface area contributed by atoms with Crippen LogP contribution in [-0.2, 0) is 0 Å². The van der Waals surface area contributed by atoms with E-state index in [2.05, 4.69) is 4.74 Å². The zero-order valence-electron chi connectivity index (χ0n) is 9.75. The molecule has 0 atom stereocenters. The molecule has 5 heteroatoms. The third-order valence-electron chi connectivity index (χ3n) is 2.28. The molecule has 96 valence electrons. The largest absolute Gasteiger partial charge is 0.490 e. The summed E-state index contributed by atoms with van der Waals surface area (Å²) in [5.74, 6) is -0.695. The van der Waals surface area contributed by atoms with Crippen LogP contribution in [0.1, 0.15) is 26.7 Å². The molecule has 0 N–H and O–H groups in total. The summed E-state index contributed by atoms with van der Waals surface area (Å²) in [4.78, 5) is 0. The minimum absolute atomic E-state index is 0.0591. The third kappa shape index (κ3) is 4.54. The van der Waals surface area contributed by atoms with Gasteiger partial charge in [-0.25, -0.2) is 4.39 Å². The van der Waals surface area contributed by atoms with Crippen LogP contribution in [0, 0.1) is 5.82 Å². The first-order valence-corrected chi connectivity index (χ1v) is 5.47. The van der Waals surface area contributed by atoms with Crippen LogP contribution in [0.5, 0.6) is 11.5 Å². The predicted octanol–water partition coefficient (Wildman–Crippen LogP) is 3.99. The van der Waals surface area contributed by atoms with E-state index in [0.717, 1.165) is 25.0 Å². The highest BCUT2D eigenvalue weighted by Crippen LogP contribution is 2.25. The molecule has 1 rings (SSSR count). The number of rotatable bonds is 6. The summed E-state index contributed by atoms with van der Waals surface area (Å²) in [7, 11) is 0. The van der Waals surface area contributed by atoms with Crippen LogP contribution in [0.4, 0.5) is 13.2 Å². The Bertz CT molecular complexity index is 352. The van der Waals surface area contributed by atoms with Gasteiger partial charge in [0, 0.05) is 18.2 Å². The van der Waals surface area contributed by atoms with Gasteiger partial charge in [-0.05, 0) is 12.8 Å². The van der Waals surface area contributed by atoms with E-state index in [4.69, 9.17) is 4.74 Å². The molecule has 1 aromatic rings. The summed E-state index contributed by atoms with van der Waals surface area (Å²) >= 11 is 0. The van der Waals surface area contributed by atoms with E-state index < -0.39 is 12.4 Å². The second-order valence-electron chi connectivity index (χ2n) is 3.56. The molecule has 0 aliphatic rings. The molecule has 0 saturated heterocycles. The molecule has 0 bridgehead atoms. The van der Waals surface area contributed by atoms with E-state index in [0.29, 0.717) is 0 Å². The first-order chi connectivity index (χ1) is 8.05. The van der Waals surface area contributed by atoms with Crippen molar-refractivity contribution in [3.63, 3.8) is 0 Å². The van der Waals surface area contributed by atoms with Gasteiger partial charge in [-0.2, -0.15) is 8.78 Å². The molecule has 0 unspecified atom stereocenters. The predicted molar refractivity (Wildman–Crippen MR) is 58.0 cm³/mol. The maximum absolute atomic E-state index is 13.1. The molecule has 0 aromatic heterocycles. The number of alkyl halides is 2. The number of hydrogen-bond acceptors (Lipinski definition) is 2. The average Bonchev–Trinajstić information content (AvgIpc) is 2.24. The van der Waals surface area contributed by atoms with Gasteiger partial charge in [0.2, 0.25) is 0 Å². The van der Waals surface area contributed by atoms with Gasteiger partial charge in [-0.15, -0.1) is 0 Å². The molecule has 0 spiro atoms. The van der Waals surface area contributed by atoms with Gasteiger partial charge in [0.1, 0.15) is 17.3 Å². The maximum atomic E-state index is 13.1. The summed E-state index contributed by atoms with van der Waals surface area (Å²) in [5, 5.41) is 0. The van der Waals surface area contributed by atoms with E-state index in [1.807, 2.05) is 13.8 Å². The molecule has 0 saturated carbocycles. The number of benzene rings is 1. The highest BCUT2D eigenvalue weighted by atomic mass is 19.3. The molecule has 0 amide bonds. The first-order valence-electron chi connectivity index (χ1n) is 5.47. The van der Waals surface area contributed by atoms with E-state index in [1.54, 1.807) is 0 Å². The molecular weight excluding hydrogens is 233 g/mol. The van der Waals surface area contributed by atoms with Crippen molar-refractivity contribution in [1.82, 2.24) is 0 Å². The highest BCUT2D eigenvalue weighted by Gasteiger charge is 2.10. The highest BCUT2D eigenvalue weighted by molar-refractivity contribution is 5.34. The lowest BCUT2D eigenvalue weighted by Crippen LogP contribution is -2.14. The lowest BCUT2D eigenvalue weighted by atomic mass is 10.2. The van der Waals surface area contributed by atoms with Crippen LogP contribution < -0.4 is 9.47 Å². The van der Waals surface area contributed by atoms with Gasteiger partial charge in [-0.1, -0.05) is 13.8 Å². The van der Waals surface area contributed by atoms with Crippen LogP contribution >= 0.6 is 0 Å². The van der Waals surface area contributed by atoms with Gasteiger partial charge in [0.05, 0.1) is 6.10 Å². The van der Waals surface area contributed by atoms with Crippen molar-refractivity contribution in [3.8, 4) is 11.5 Å². The first kappa shape index (κ1) is 13.7. The summed E-state index contributed by atoms with van der Waals surface area (Å²) in [6, 6.07) is 3.30. The van der Waals surface area contributed by atoms with Crippen molar-refractivity contribution in [1.29, 1.82) is 0 Å². The Labute approximate surface area is 98.3 Å². The molecule has 2 nitrogen and oxygen atoms in total. The van der Waals surface area contributed by atoms with Gasteiger partial charge in [-0.3, -0.25) is 0 Å². The van der Waals surface area contributed by atoms with E-state index >= 15 is 0 Å². The smallest absolute Gasteiger partial charge is 0.387 e. The number of ether oxygens (including phenoxy) is 2. The van der Waals surface area contributed by atoms with Crippen molar-refractivity contribution < 1.29 is 22.6 Å². The summed E-state index contributed by atoms with van der Waals surface area (Å²) in [6.45, 7) is 0.895. The van der Waals surface area contributed by atoms with Gasteiger partial charge >= 0.3 is 6.61 Å².